The van der Waals surface area contributed by atoms with Crippen molar-refractivity contribution in [3.05, 3.63) is 60.2 Å². The average Bonchev–Trinajstić information content (AvgIpc) is 2.63. The lowest BCUT2D eigenvalue weighted by Gasteiger charge is -2.36. The van der Waals surface area contributed by atoms with Crippen molar-refractivity contribution in [2.24, 2.45) is 0 Å². The van der Waals surface area contributed by atoms with Crippen molar-refractivity contribution in [1.29, 1.82) is 0 Å². The molecular formula is C15H11F3N2OS. The molecule has 0 aromatic heterocycles. The van der Waals surface area contributed by atoms with E-state index in [9.17, 15) is 18.0 Å². The Morgan fingerprint density at radius 3 is 2.23 bits per heavy atom. The van der Waals surface area contributed by atoms with E-state index in [1.165, 1.54) is 30.3 Å². The zero-order chi connectivity index (χ0) is 15.8. The van der Waals surface area contributed by atoms with E-state index in [0.717, 1.165) is 11.8 Å². The maximum Gasteiger partial charge on any atom is 0.434 e. The second kappa shape index (κ2) is 5.24. The van der Waals surface area contributed by atoms with Crippen LogP contribution in [0.1, 0.15) is 5.56 Å². The molecule has 0 aliphatic carbocycles. The summed E-state index contributed by atoms with van der Waals surface area (Å²) >= 11 is 0.733. The van der Waals surface area contributed by atoms with Gasteiger partial charge in [0.15, 0.2) is 0 Å². The molecule has 1 aliphatic heterocycles. The average molecular weight is 324 g/mol. The highest BCUT2D eigenvalue weighted by molar-refractivity contribution is 8.13. The number of anilines is 1. The molecule has 1 heterocycles. The van der Waals surface area contributed by atoms with Crippen LogP contribution in [0.25, 0.3) is 0 Å². The summed E-state index contributed by atoms with van der Waals surface area (Å²) in [6.07, 6.45) is -4.72. The molecule has 1 aliphatic rings. The van der Waals surface area contributed by atoms with Crippen LogP contribution in [-0.4, -0.2) is 11.4 Å². The summed E-state index contributed by atoms with van der Waals surface area (Å²) in [5.41, 5.74) is -2.48. The largest absolute Gasteiger partial charge is 0.434 e. The lowest BCUT2D eigenvalue weighted by Crippen LogP contribution is -2.59. The van der Waals surface area contributed by atoms with Crippen molar-refractivity contribution < 1.29 is 18.0 Å². The summed E-state index contributed by atoms with van der Waals surface area (Å²) in [5, 5.41) is 3.80. The van der Waals surface area contributed by atoms with Gasteiger partial charge in [-0.3, -0.25) is 4.79 Å². The van der Waals surface area contributed by atoms with Crippen molar-refractivity contribution in [2.45, 2.75) is 16.7 Å². The molecule has 114 valence electrons. The third kappa shape index (κ3) is 2.41. The van der Waals surface area contributed by atoms with Crippen LogP contribution < -0.4 is 10.6 Å². The molecule has 3 nitrogen and oxygen atoms in total. The molecule has 0 fully saturated rings. The maximum absolute atomic E-state index is 13.8. The predicted molar refractivity (Wildman–Crippen MR) is 78.6 cm³/mol. The van der Waals surface area contributed by atoms with Crippen molar-refractivity contribution in [2.75, 3.05) is 5.32 Å². The van der Waals surface area contributed by atoms with E-state index in [-0.39, 0.29) is 11.3 Å². The molecule has 0 saturated carbocycles. The predicted octanol–water partition coefficient (Wildman–Crippen LogP) is 4.33. The summed E-state index contributed by atoms with van der Waals surface area (Å²) in [4.78, 5) is 12.4. The van der Waals surface area contributed by atoms with Crippen molar-refractivity contribution in [3.8, 4) is 0 Å². The minimum atomic E-state index is -4.72. The third-order valence-corrected chi connectivity index (χ3v) is 4.20. The highest BCUT2D eigenvalue weighted by Gasteiger charge is 2.58. The second-order valence-electron chi connectivity index (χ2n) is 4.75. The number of alkyl halides is 3. The van der Waals surface area contributed by atoms with Crippen LogP contribution >= 0.6 is 11.8 Å². The molecule has 7 heteroatoms. The van der Waals surface area contributed by atoms with Crippen LogP contribution in [0.5, 0.6) is 0 Å². The van der Waals surface area contributed by atoms with Crippen LogP contribution in [0.2, 0.25) is 0 Å². The number of benzene rings is 2. The summed E-state index contributed by atoms with van der Waals surface area (Å²) < 4.78 is 41.5. The molecule has 22 heavy (non-hydrogen) atoms. The van der Waals surface area contributed by atoms with Gasteiger partial charge in [0.05, 0.1) is 5.69 Å². The van der Waals surface area contributed by atoms with Gasteiger partial charge in [0.1, 0.15) is 0 Å². The van der Waals surface area contributed by atoms with Gasteiger partial charge in [-0.25, -0.2) is 0 Å². The summed E-state index contributed by atoms with van der Waals surface area (Å²) in [6.45, 7) is 0. The Bertz CT molecular complexity index is 705. The fraction of sp³-hybridized carbons (Fsp3) is 0.133. The van der Waals surface area contributed by atoms with Gasteiger partial charge < -0.3 is 10.6 Å². The van der Waals surface area contributed by atoms with E-state index >= 15 is 0 Å². The Kier molecular flexibility index (Phi) is 3.52. The first kappa shape index (κ1) is 14.8. The van der Waals surface area contributed by atoms with Gasteiger partial charge in [-0.15, -0.1) is 0 Å². The van der Waals surface area contributed by atoms with Crippen LogP contribution in [0.15, 0.2) is 59.5 Å². The van der Waals surface area contributed by atoms with Gasteiger partial charge in [-0.05, 0) is 23.9 Å². The number of nitrogens with one attached hydrogen (secondary N) is 2. The first-order valence-corrected chi connectivity index (χ1v) is 7.23. The van der Waals surface area contributed by atoms with Gasteiger partial charge in [0.2, 0.25) is 5.66 Å². The summed E-state index contributed by atoms with van der Waals surface area (Å²) in [7, 11) is 0. The summed E-state index contributed by atoms with van der Waals surface area (Å²) in [5.74, 6) is 0. The Morgan fingerprint density at radius 2 is 1.55 bits per heavy atom. The van der Waals surface area contributed by atoms with Gasteiger partial charge in [0, 0.05) is 10.5 Å². The number of carbonyl (C=O) groups is 1. The third-order valence-electron chi connectivity index (χ3n) is 3.33. The van der Waals surface area contributed by atoms with E-state index < -0.39 is 17.1 Å². The zero-order valence-electron chi connectivity index (χ0n) is 11.1. The molecule has 0 spiro atoms. The second-order valence-corrected chi connectivity index (χ2v) is 5.76. The molecule has 2 aromatic rings. The molecule has 1 unspecified atom stereocenters. The fourth-order valence-electron chi connectivity index (χ4n) is 2.31. The number of para-hydroxylation sites is 1. The van der Waals surface area contributed by atoms with Gasteiger partial charge in [0.25, 0.3) is 5.24 Å². The highest BCUT2D eigenvalue weighted by Crippen LogP contribution is 2.44. The Balaban J connectivity index is 2.20. The minimum absolute atomic E-state index is 0.0758. The van der Waals surface area contributed by atoms with E-state index in [2.05, 4.69) is 10.6 Å². The number of fused-ring (bicyclic) bond motifs is 1. The van der Waals surface area contributed by atoms with Crippen LogP contribution in [0.4, 0.5) is 23.7 Å². The first-order valence-electron chi connectivity index (χ1n) is 6.42. The van der Waals surface area contributed by atoms with Crippen molar-refractivity contribution in [1.82, 2.24) is 5.32 Å². The number of halogens is 3. The Morgan fingerprint density at radius 1 is 0.909 bits per heavy atom. The molecule has 1 amide bonds. The molecule has 0 radical (unpaired) electrons. The number of hydrogen-bond acceptors (Lipinski definition) is 3. The van der Waals surface area contributed by atoms with E-state index in [0.29, 0.717) is 4.90 Å². The molecule has 1 atom stereocenters. The molecule has 0 bridgehead atoms. The quantitative estimate of drug-likeness (QED) is 0.820. The van der Waals surface area contributed by atoms with Crippen LogP contribution in [-0.2, 0) is 5.66 Å². The van der Waals surface area contributed by atoms with Gasteiger partial charge in [-0.1, -0.05) is 42.5 Å². The van der Waals surface area contributed by atoms with Gasteiger partial charge in [-0.2, -0.15) is 13.2 Å². The Labute approximate surface area is 128 Å². The normalized spacial score (nSPS) is 21.3. The Hall–Kier alpha value is -2.15. The number of rotatable bonds is 1. The van der Waals surface area contributed by atoms with E-state index in [4.69, 9.17) is 0 Å². The maximum atomic E-state index is 13.8. The number of thioether (sulfide) groups is 1. The molecule has 2 aromatic carbocycles. The van der Waals surface area contributed by atoms with E-state index in [1.807, 2.05) is 0 Å². The molecule has 3 rings (SSSR count). The van der Waals surface area contributed by atoms with E-state index in [1.54, 1.807) is 24.3 Å². The highest BCUT2D eigenvalue weighted by atomic mass is 32.2. The SMILES string of the molecule is O=C1NC(c2ccccc2)(C(F)(F)F)Nc2ccccc2S1. The standard InChI is InChI=1S/C15H11F3N2OS/c16-15(17,18)14(10-6-2-1-3-7-10)19-11-8-4-5-9-12(11)22-13(21)20-14/h1-9,19H,(H,20,21). The molecular weight excluding hydrogens is 313 g/mol. The van der Waals surface area contributed by atoms with Gasteiger partial charge >= 0.3 is 6.18 Å². The number of carbonyl (C=O) groups excluding carboxylic acids is 1. The monoisotopic (exact) mass is 324 g/mol. The number of amides is 1. The zero-order valence-corrected chi connectivity index (χ0v) is 12.0. The topological polar surface area (TPSA) is 41.1 Å². The smallest absolute Gasteiger partial charge is 0.351 e. The number of hydrogen-bond donors (Lipinski definition) is 2. The van der Waals surface area contributed by atoms with Crippen LogP contribution in [0.3, 0.4) is 0 Å². The first-order chi connectivity index (χ1) is 10.4. The fourth-order valence-corrected chi connectivity index (χ4v) is 3.09. The lowest BCUT2D eigenvalue weighted by atomic mass is 9.98. The van der Waals surface area contributed by atoms with Crippen molar-refractivity contribution in [3.63, 3.8) is 0 Å². The van der Waals surface area contributed by atoms with Crippen molar-refractivity contribution >= 4 is 22.7 Å². The summed E-state index contributed by atoms with van der Waals surface area (Å²) in [6, 6.07) is 13.7. The lowest BCUT2D eigenvalue weighted by molar-refractivity contribution is -0.187. The van der Waals surface area contributed by atoms with Crippen LogP contribution in [0, 0.1) is 0 Å². The molecule has 2 N–H and O–H groups in total. The molecule has 0 saturated heterocycles. The minimum Gasteiger partial charge on any atom is -0.351 e.